The molecule has 0 saturated heterocycles. The van der Waals surface area contributed by atoms with Crippen molar-refractivity contribution < 1.29 is 0 Å². The minimum atomic E-state index is 0.367. The van der Waals surface area contributed by atoms with Gasteiger partial charge in [0, 0.05) is 36.6 Å². The highest BCUT2D eigenvalue weighted by Gasteiger charge is 2.31. The molecule has 0 saturated carbocycles. The van der Waals surface area contributed by atoms with Crippen LogP contribution in [-0.2, 0) is 6.42 Å². The minimum absolute atomic E-state index is 0.367. The zero-order valence-electron chi connectivity index (χ0n) is 13.7. The summed E-state index contributed by atoms with van der Waals surface area (Å²) in [5.74, 6) is 0. The molecule has 20 heavy (non-hydrogen) atoms. The number of nitrogens with zero attached hydrogens (tertiary/aromatic N) is 1. The summed E-state index contributed by atoms with van der Waals surface area (Å²) in [5.41, 5.74) is 1.93. The second-order valence-corrected chi connectivity index (χ2v) is 7.90. The van der Waals surface area contributed by atoms with Gasteiger partial charge in [0.25, 0.3) is 0 Å². The van der Waals surface area contributed by atoms with Gasteiger partial charge in [-0.2, -0.15) is 0 Å². The molecule has 1 aromatic heterocycles. The molecule has 0 bridgehead atoms. The number of fused-ring (bicyclic) bond motifs is 1. The fourth-order valence-electron chi connectivity index (χ4n) is 3.01. The summed E-state index contributed by atoms with van der Waals surface area (Å²) in [7, 11) is 0. The topological polar surface area (TPSA) is 15.3 Å². The van der Waals surface area contributed by atoms with E-state index in [1.54, 1.807) is 10.4 Å². The van der Waals surface area contributed by atoms with Crippen molar-refractivity contribution in [3.63, 3.8) is 0 Å². The van der Waals surface area contributed by atoms with Crippen molar-refractivity contribution in [2.75, 3.05) is 19.6 Å². The summed E-state index contributed by atoms with van der Waals surface area (Å²) in [6.07, 6.45) is 2.46. The van der Waals surface area contributed by atoms with Crippen molar-refractivity contribution in [1.29, 1.82) is 0 Å². The van der Waals surface area contributed by atoms with Crippen LogP contribution in [0.1, 0.15) is 57.5 Å². The molecule has 0 spiro atoms. The van der Waals surface area contributed by atoms with Crippen LogP contribution in [-0.4, -0.2) is 30.6 Å². The number of rotatable bonds is 6. The van der Waals surface area contributed by atoms with Gasteiger partial charge in [-0.1, -0.05) is 27.7 Å². The monoisotopic (exact) mass is 294 g/mol. The Morgan fingerprint density at radius 2 is 2.25 bits per heavy atom. The van der Waals surface area contributed by atoms with Gasteiger partial charge in [-0.3, -0.25) is 4.90 Å². The van der Waals surface area contributed by atoms with Gasteiger partial charge in [-0.15, -0.1) is 11.3 Å². The molecule has 114 valence electrons. The quantitative estimate of drug-likeness (QED) is 0.850. The summed E-state index contributed by atoms with van der Waals surface area (Å²) in [6.45, 7) is 15.1. The molecule has 0 amide bonds. The van der Waals surface area contributed by atoms with Gasteiger partial charge in [0.05, 0.1) is 0 Å². The Hall–Kier alpha value is -0.380. The summed E-state index contributed by atoms with van der Waals surface area (Å²) in [5, 5.41) is 5.88. The fraction of sp³-hybridized carbons (Fsp3) is 0.765. The maximum absolute atomic E-state index is 3.63. The van der Waals surface area contributed by atoms with Crippen molar-refractivity contribution in [2.24, 2.45) is 5.41 Å². The van der Waals surface area contributed by atoms with Crippen LogP contribution < -0.4 is 5.32 Å². The molecule has 0 fully saturated rings. The van der Waals surface area contributed by atoms with E-state index in [9.17, 15) is 0 Å². The maximum atomic E-state index is 3.63. The maximum Gasteiger partial charge on any atom is 0.0331 e. The van der Waals surface area contributed by atoms with Crippen molar-refractivity contribution in [2.45, 2.75) is 59.5 Å². The van der Waals surface area contributed by atoms with E-state index >= 15 is 0 Å². The molecule has 0 radical (unpaired) electrons. The predicted molar refractivity (Wildman–Crippen MR) is 89.5 cm³/mol. The van der Waals surface area contributed by atoms with Gasteiger partial charge in [-0.05, 0) is 42.2 Å². The lowest BCUT2D eigenvalue weighted by molar-refractivity contribution is 0.112. The smallest absolute Gasteiger partial charge is 0.0331 e. The average Bonchev–Trinajstić information content (AvgIpc) is 2.89. The van der Waals surface area contributed by atoms with E-state index in [0.717, 1.165) is 6.54 Å². The van der Waals surface area contributed by atoms with E-state index in [2.05, 4.69) is 56.3 Å². The van der Waals surface area contributed by atoms with E-state index in [-0.39, 0.29) is 0 Å². The molecule has 2 atom stereocenters. The zero-order valence-corrected chi connectivity index (χ0v) is 14.5. The molecule has 1 aliphatic heterocycles. The van der Waals surface area contributed by atoms with Gasteiger partial charge in [-0.25, -0.2) is 0 Å². The SMILES string of the molecule is CCC(C)(CNC(C)C)CN1CCc2sccc2C1C. The number of hydrogen-bond donors (Lipinski definition) is 1. The first-order valence-electron chi connectivity index (χ1n) is 7.99. The van der Waals surface area contributed by atoms with E-state index < -0.39 is 0 Å². The van der Waals surface area contributed by atoms with Crippen LogP contribution >= 0.6 is 11.3 Å². The lowest BCUT2D eigenvalue weighted by atomic mass is 9.85. The molecular formula is C17H30N2S. The van der Waals surface area contributed by atoms with Crippen LogP contribution in [0.25, 0.3) is 0 Å². The lowest BCUT2D eigenvalue weighted by Crippen LogP contribution is -2.46. The van der Waals surface area contributed by atoms with Gasteiger partial charge >= 0.3 is 0 Å². The molecule has 0 aliphatic carbocycles. The number of hydrogen-bond acceptors (Lipinski definition) is 3. The van der Waals surface area contributed by atoms with Crippen LogP contribution in [0.2, 0.25) is 0 Å². The highest BCUT2D eigenvalue weighted by molar-refractivity contribution is 7.10. The lowest BCUT2D eigenvalue weighted by Gasteiger charge is -2.41. The molecule has 1 N–H and O–H groups in total. The second kappa shape index (κ2) is 6.59. The van der Waals surface area contributed by atoms with Crippen LogP contribution in [0.5, 0.6) is 0 Å². The Morgan fingerprint density at radius 1 is 1.50 bits per heavy atom. The van der Waals surface area contributed by atoms with Crippen LogP contribution in [0.3, 0.4) is 0 Å². The van der Waals surface area contributed by atoms with Crippen LogP contribution in [0, 0.1) is 5.41 Å². The third kappa shape index (κ3) is 3.63. The van der Waals surface area contributed by atoms with Crippen molar-refractivity contribution in [3.05, 3.63) is 21.9 Å². The summed E-state index contributed by atoms with van der Waals surface area (Å²) < 4.78 is 0. The van der Waals surface area contributed by atoms with Crippen molar-refractivity contribution in [1.82, 2.24) is 10.2 Å². The third-order valence-corrected chi connectivity index (χ3v) is 5.78. The molecule has 1 aliphatic rings. The van der Waals surface area contributed by atoms with Gasteiger partial charge in [0.2, 0.25) is 0 Å². The molecule has 2 nitrogen and oxygen atoms in total. The Bertz CT molecular complexity index is 426. The Labute approximate surface area is 128 Å². The average molecular weight is 295 g/mol. The molecule has 2 heterocycles. The molecular weight excluding hydrogens is 264 g/mol. The van der Waals surface area contributed by atoms with Crippen LogP contribution in [0.15, 0.2) is 11.4 Å². The second-order valence-electron chi connectivity index (χ2n) is 6.90. The fourth-order valence-corrected chi connectivity index (χ4v) is 3.97. The van der Waals surface area contributed by atoms with Crippen LogP contribution in [0.4, 0.5) is 0 Å². The van der Waals surface area contributed by atoms with E-state index in [0.29, 0.717) is 17.5 Å². The van der Waals surface area contributed by atoms with E-state index in [1.807, 2.05) is 11.3 Å². The summed E-state index contributed by atoms with van der Waals surface area (Å²) >= 11 is 1.93. The standard InChI is InChI=1S/C17H30N2S/c1-6-17(5,11-18-13(2)3)12-19-9-7-16-15(14(19)4)8-10-20-16/h8,10,13-14,18H,6-7,9,11-12H2,1-5H3. The Balaban J connectivity index is 2.01. The minimum Gasteiger partial charge on any atom is -0.314 e. The molecule has 1 aromatic rings. The van der Waals surface area contributed by atoms with Gasteiger partial charge in [0.1, 0.15) is 0 Å². The number of thiophene rings is 1. The van der Waals surface area contributed by atoms with E-state index in [4.69, 9.17) is 0 Å². The number of nitrogens with one attached hydrogen (secondary N) is 1. The predicted octanol–water partition coefficient (Wildman–Crippen LogP) is 4.08. The zero-order chi connectivity index (χ0) is 14.8. The van der Waals surface area contributed by atoms with Gasteiger partial charge < -0.3 is 5.32 Å². The summed E-state index contributed by atoms with van der Waals surface area (Å²) in [6, 6.07) is 3.48. The Kier molecular flexibility index (Phi) is 5.27. The first-order valence-corrected chi connectivity index (χ1v) is 8.87. The van der Waals surface area contributed by atoms with E-state index in [1.165, 1.54) is 25.9 Å². The largest absolute Gasteiger partial charge is 0.314 e. The molecule has 2 rings (SSSR count). The molecule has 2 unspecified atom stereocenters. The molecule has 0 aromatic carbocycles. The normalized spacial score (nSPS) is 22.8. The third-order valence-electron chi connectivity index (χ3n) is 4.78. The summed E-state index contributed by atoms with van der Waals surface area (Å²) in [4.78, 5) is 4.29. The first kappa shape index (κ1) is 16.0. The Morgan fingerprint density at radius 3 is 2.90 bits per heavy atom. The van der Waals surface area contributed by atoms with Crippen molar-refractivity contribution in [3.8, 4) is 0 Å². The van der Waals surface area contributed by atoms with Gasteiger partial charge in [0.15, 0.2) is 0 Å². The van der Waals surface area contributed by atoms with Crippen molar-refractivity contribution >= 4 is 11.3 Å². The molecule has 3 heteroatoms. The highest BCUT2D eigenvalue weighted by Crippen LogP contribution is 2.35. The first-order chi connectivity index (χ1) is 9.45. The highest BCUT2D eigenvalue weighted by atomic mass is 32.1.